The van der Waals surface area contributed by atoms with Gasteiger partial charge >= 0.3 is 0 Å². The minimum absolute atomic E-state index is 0.0458. The van der Waals surface area contributed by atoms with Crippen LogP contribution >= 0.6 is 0 Å². The van der Waals surface area contributed by atoms with Gasteiger partial charge in [0.25, 0.3) is 0 Å². The lowest BCUT2D eigenvalue weighted by molar-refractivity contribution is -0.118. The average Bonchev–Trinajstić information content (AvgIpc) is 2.63. The number of carbonyl (C=O) groups excluding carboxylic acids is 2. The van der Waals surface area contributed by atoms with Crippen molar-refractivity contribution in [1.82, 2.24) is 0 Å². The first kappa shape index (κ1) is 18.7. The number of anilines is 2. The third-order valence-corrected chi connectivity index (χ3v) is 3.89. The molecule has 5 heteroatoms. The number of carbonyl (C=O) groups is 2. The van der Waals surface area contributed by atoms with Gasteiger partial charge in [-0.05, 0) is 49.7 Å². The first-order chi connectivity index (χ1) is 12.1. The summed E-state index contributed by atoms with van der Waals surface area (Å²) in [6.07, 6.45) is 1.41. The molecule has 0 aliphatic rings. The van der Waals surface area contributed by atoms with E-state index in [-0.39, 0.29) is 11.8 Å². The molecular formula is C20H25N3O2. The van der Waals surface area contributed by atoms with Gasteiger partial charge in [-0.15, -0.1) is 0 Å². The first-order valence-corrected chi connectivity index (χ1v) is 8.58. The van der Waals surface area contributed by atoms with Crippen molar-refractivity contribution in [2.75, 3.05) is 23.3 Å². The maximum atomic E-state index is 12.6. The zero-order valence-corrected chi connectivity index (χ0v) is 14.6. The Balaban J connectivity index is 1.96. The Labute approximate surface area is 148 Å². The third-order valence-electron chi connectivity index (χ3n) is 3.89. The number of amides is 2. The summed E-state index contributed by atoms with van der Waals surface area (Å²) in [6, 6.07) is 17.0. The normalized spacial score (nSPS) is 10.3. The van der Waals surface area contributed by atoms with Gasteiger partial charge in [-0.2, -0.15) is 0 Å². The molecule has 0 fully saturated rings. The van der Waals surface area contributed by atoms with Crippen LogP contribution in [0.15, 0.2) is 54.6 Å². The van der Waals surface area contributed by atoms with Crippen molar-refractivity contribution >= 4 is 23.2 Å². The standard InChI is InChI=1S/C20H25N3O2/c1-2-23(18-7-4-3-5-8-18)20(25)15-16-10-12-17(13-11-16)22-19(24)9-6-14-21/h3-5,7-8,10-13H,2,6,9,14-15,21H2,1H3,(H,22,24). The highest BCUT2D eigenvalue weighted by Crippen LogP contribution is 2.16. The van der Waals surface area contributed by atoms with E-state index in [4.69, 9.17) is 5.73 Å². The number of nitrogens with one attached hydrogen (secondary N) is 1. The highest BCUT2D eigenvalue weighted by molar-refractivity contribution is 5.95. The van der Waals surface area contributed by atoms with Gasteiger partial charge in [0.2, 0.25) is 11.8 Å². The molecule has 0 bridgehead atoms. The summed E-state index contributed by atoms with van der Waals surface area (Å²) in [4.78, 5) is 26.0. The highest BCUT2D eigenvalue weighted by Gasteiger charge is 2.14. The molecule has 2 aromatic carbocycles. The molecular weight excluding hydrogens is 314 g/mol. The van der Waals surface area contributed by atoms with Crippen molar-refractivity contribution < 1.29 is 9.59 Å². The number of hydrogen-bond acceptors (Lipinski definition) is 3. The van der Waals surface area contributed by atoms with Gasteiger partial charge in [-0.25, -0.2) is 0 Å². The van der Waals surface area contributed by atoms with Crippen LogP contribution in [0, 0.1) is 0 Å². The Morgan fingerprint density at radius 3 is 2.32 bits per heavy atom. The number of benzene rings is 2. The lowest BCUT2D eigenvalue weighted by Gasteiger charge is -2.21. The van der Waals surface area contributed by atoms with E-state index in [0.717, 1.165) is 16.9 Å². The minimum atomic E-state index is -0.0458. The number of hydrogen-bond donors (Lipinski definition) is 2. The topological polar surface area (TPSA) is 75.4 Å². The van der Waals surface area contributed by atoms with Crippen LogP contribution in [0.25, 0.3) is 0 Å². The summed E-state index contributed by atoms with van der Waals surface area (Å²) in [7, 11) is 0. The van der Waals surface area contributed by atoms with Crippen molar-refractivity contribution in [3.05, 3.63) is 60.2 Å². The SMILES string of the molecule is CCN(C(=O)Cc1ccc(NC(=O)CCCN)cc1)c1ccccc1. The largest absolute Gasteiger partial charge is 0.330 e. The molecule has 0 unspecified atom stereocenters. The number of rotatable bonds is 8. The predicted octanol–water partition coefficient (Wildman–Crippen LogP) is 2.96. The van der Waals surface area contributed by atoms with E-state index in [2.05, 4.69) is 5.32 Å². The molecule has 25 heavy (non-hydrogen) atoms. The van der Waals surface area contributed by atoms with Gasteiger partial charge in [-0.3, -0.25) is 9.59 Å². The summed E-state index contributed by atoms with van der Waals surface area (Å²) < 4.78 is 0. The number of nitrogens with two attached hydrogens (primary N) is 1. The molecule has 0 spiro atoms. The summed E-state index contributed by atoms with van der Waals surface area (Å²) in [5.74, 6) is 0.00365. The fraction of sp³-hybridized carbons (Fsp3) is 0.300. The summed E-state index contributed by atoms with van der Waals surface area (Å²) in [6.45, 7) is 3.09. The quantitative estimate of drug-likeness (QED) is 0.776. The van der Waals surface area contributed by atoms with Crippen molar-refractivity contribution in [3.8, 4) is 0 Å². The molecule has 0 radical (unpaired) electrons. The second-order valence-corrected chi connectivity index (χ2v) is 5.79. The molecule has 3 N–H and O–H groups in total. The molecule has 132 valence electrons. The molecule has 0 heterocycles. The molecule has 0 atom stereocenters. The molecule has 2 amide bonds. The van der Waals surface area contributed by atoms with E-state index < -0.39 is 0 Å². The van der Waals surface area contributed by atoms with E-state index in [0.29, 0.717) is 32.4 Å². The molecule has 0 aromatic heterocycles. The van der Waals surface area contributed by atoms with Crippen LogP contribution in [0.5, 0.6) is 0 Å². The number of nitrogens with zero attached hydrogens (tertiary/aromatic N) is 1. The number of para-hydroxylation sites is 1. The minimum Gasteiger partial charge on any atom is -0.330 e. The maximum absolute atomic E-state index is 12.6. The van der Waals surface area contributed by atoms with Gasteiger partial charge < -0.3 is 16.0 Å². The monoisotopic (exact) mass is 339 g/mol. The van der Waals surface area contributed by atoms with Crippen molar-refractivity contribution in [2.45, 2.75) is 26.2 Å². The van der Waals surface area contributed by atoms with E-state index in [1.807, 2.05) is 61.5 Å². The maximum Gasteiger partial charge on any atom is 0.231 e. The summed E-state index contributed by atoms with van der Waals surface area (Å²) in [5, 5.41) is 2.83. The Morgan fingerprint density at radius 1 is 1.04 bits per heavy atom. The van der Waals surface area contributed by atoms with Gasteiger partial charge in [0, 0.05) is 24.3 Å². The molecule has 0 aliphatic heterocycles. The van der Waals surface area contributed by atoms with Crippen LogP contribution in [0.3, 0.4) is 0 Å². The first-order valence-electron chi connectivity index (χ1n) is 8.58. The molecule has 0 saturated heterocycles. The van der Waals surface area contributed by atoms with Crippen LogP contribution in [0.1, 0.15) is 25.3 Å². The predicted molar refractivity (Wildman–Crippen MR) is 102 cm³/mol. The van der Waals surface area contributed by atoms with Gasteiger partial charge in [0.05, 0.1) is 6.42 Å². The van der Waals surface area contributed by atoms with Crippen LogP contribution < -0.4 is 16.0 Å². The zero-order chi connectivity index (χ0) is 18.1. The smallest absolute Gasteiger partial charge is 0.231 e. The molecule has 2 rings (SSSR count). The van der Waals surface area contributed by atoms with E-state index >= 15 is 0 Å². The van der Waals surface area contributed by atoms with Gasteiger partial charge in [-0.1, -0.05) is 30.3 Å². The van der Waals surface area contributed by atoms with Crippen LogP contribution in [0.2, 0.25) is 0 Å². The molecule has 0 saturated carbocycles. The Hall–Kier alpha value is -2.66. The van der Waals surface area contributed by atoms with Crippen LogP contribution in [0.4, 0.5) is 11.4 Å². The van der Waals surface area contributed by atoms with E-state index in [1.54, 1.807) is 4.90 Å². The van der Waals surface area contributed by atoms with Crippen LogP contribution in [-0.4, -0.2) is 24.9 Å². The highest BCUT2D eigenvalue weighted by atomic mass is 16.2. The summed E-state index contributed by atoms with van der Waals surface area (Å²) >= 11 is 0. The third kappa shape index (κ3) is 5.72. The molecule has 0 aliphatic carbocycles. The van der Waals surface area contributed by atoms with Gasteiger partial charge in [0.15, 0.2) is 0 Å². The van der Waals surface area contributed by atoms with Crippen LogP contribution in [-0.2, 0) is 16.0 Å². The zero-order valence-electron chi connectivity index (χ0n) is 14.6. The average molecular weight is 339 g/mol. The van der Waals surface area contributed by atoms with E-state index in [1.165, 1.54) is 0 Å². The Morgan fingerprint density at radius 2 is 1.72 bits per heavy atom. The second-order valence-electron chi connectivity index (χ2n) is 5.79. The molecule has 2 aromatic rings. The van der Waals surface area contributed by atoms with Crippen molar-refractivity contribution in [1.29, 1.82) is 0 Å². The fourth-order valence-corrected chi connectivity index (χ4v) is 2.57. The summed E-state index contributed by atoms with van der Waals surface area (Å²) in [5.41, 5.74) is 7.95. The fourth-order valence-electron chi connectivity index (χ4n) is 2.57. The van der Waals surface area contributed by atoms with Gasteiger partial charge in [0.1, 0.15) is 0 Å². The molecule has 5 nitrogen and oxygen atoms in total. The number of likely N-dealkylation sites (N-methyl/N-ethyl adjacent to an activating group) is 1. The second kappa shape index (κ2) is 9.59. The van der Waals surface area contributed by atoms with Crippen molar-refractivity contribution in [2.24, 2.45) is 5.73 Å². The van der Waals surface area contributed by atoms with Crippen molar-refractivity contribution in [3.63, 3.8) is 0 Å². The Kier molecular flexibility index (Phi) is 7.16. The Bertz CT molecular complexity index is 684. The lowest BCUT2D eigenvalue weighted by Crippen LogP contribution is -2.31. The lowest BCUT2D eigenvalue weighted by atomic mass is 10.1. The van der Waals surface area contributed by atoms with E-state index in [9.17, 15) is 9.59 Å².